The lowest BCUT2D eigenvalue weighted by Crippen LogP contribution is -2.49. The van der Waals surface area contributed by atoms with Gasteiger partial charge in [0.25, 0.3) is 0 Å². The van der Waals surface area contributed by atoms with Crippen LogP contribution in [0.5, 0.6) is 0 Å². The van der Waals surface area contributed by atoms with Gasteiger partial charge in [-0.25, -0.2) is 0 Å². The van der Waals surface area contributed by atoms with Gasteiger partial charge in [0.05, 0.1) is 0 Å². The van der Waals surface area contributed by atoms with Crippen molar-refractivity contribution in [2.75, 3.05) is 13.1 Å². The lowest BCUT2D eigenvalue weighted by Gasteiger charge is -2.34. The molecule has 0 spiro atoms. The van der Waals surface area contributed by atoms with Crippen LogP contribution in [-0.4, -0.2) is 40.7 Å². The van der Waals surface area contributed by atoms with Gasteiger partial charge in [0, 0.05) is 30.5 Å². The molecule has 1 unspecified atom stereocenters. The Balaban J connectivity index is 1.81. The summed E-state index contributed by atoms with van der Waals surface area (Å²) in [6.07, 6.45) is 3.28. The van der Waals surface area contributed by atoms with E-state index in [9.17, 15) is 9.59 Å². The van der Waals surface area contributed by atoms with Gasteiger partial charge in [-0.3, -0.25) is 9.59 Å². The fourth-order valence-corrected chi connectivity index (χ4v) is 3.58. The summed E-state index contributed by atoms with van der Waals surface area (Å²) in [5.74, 6) is 0.235. The molecule has 21 heavy (non-hydrogen) atoms. The van der Waals surface area contributed by atoms with Gasteiger partial charge in [-0.15, -0.1) is 0 Å². The molecule has 0 aliphatic carbocycles. The molecule has 2 heterocycles. The summed E-state index contributed by atoms with van der Waals surface area (Å²) in [5.41, 5.74) is 1.09. The molecule has 5 heteroatoms. The summed E-state index contributed by atoms with van der Waals surface area (Å²) in [6, 6.07) is 7.69. The molecule has 0 N–H and O–H groups in total. The summed E-state index contributed by atoms with van der Waals surface area (Å²) in [6.45, 7) is 1.82. The third-order valence-corrected chi connectivity index (χ3v) is 5.11. The molecule has 3 rings (SSSR count). The zero-order valence-corrected chi connectivity index (χ0v) is 13.5. The molecule has 2 aliphatic heterocycles. The van der Waals surface area contributed by atoms with Gasteiger partial charge in [0.2, 0.25) is 11.8 Å². The van der Waals surface area contributed by atoms with Gasteiger partial charge in [-0.2, -0.15) is 0 Å². The molecular formula is C16H19BrN2O2. The fraction of sp³-hybridized carbons (Fsp3) is 0.500. The quantitative estimate of drug-likeness (QED) is 0.822. The molecular weight excluding hydrogens is 332 g/mol. The topological polar surface area (TPSA) is 40.6 Å². The van der Waals surface area contributed by atoms with Gasteiger partial charge in [0.1, 0.15) is 6.04 Å². The van der Waals surface area contributed by atoms with Crippen LogP contribution in [0.1, 0.15) is 31.2 Å². The van der Waals surface area contributed by atoms with Crippen LogP contribution < -0.4 is 0 Å². The normalized spacial score (nSPS) is 23.0. The van der Waals surface area contributed by atoms with Gasteiger partial charge in [0.15, 0.2) is 0 Å². The Labute approximate surface area is 133 Å². The Kier molecular flexibility index (Phi) is 4.29. The Bertz CT molecular complexity index is 561. The molecule has 0 radical (unpaired) electrons. The second-order valence-electron chi connectivity index (χ2n) is 5.70. The maximum Gasteiger partial charge on any atom is 0.245 e. The van der Waals surface area contributed by atoms with E-state index in [1.807, 2.05) is 29.2 Å². The highest BCUT2D eigenvalue weighted by Gasteiger charge is 2.37. The summed E-state index contributed by atoms with van der Waals surface area (Å²) in [4.78, 5) is 28.6. The van der Waals surface area contributed by atoms with E-state index in [4.69, 9.17) is 0 Å². The maximum absolute atomic E-state index is 12.8. The van der Waals surface area contributed by atoms with Crippen LogP contribution >= 0.6 is 15.9 Å². The van der Waals surface area contributed by atoms with E-state index in [-0.39, 0.29) is 17.9 Å². The molecule has 0 aromatic heterocycles. The van der Waals surface area contributed by atoms with Crippen molar-refractivity contribution in [2.45, 2.75) is 38.3 Å². The molecule has 2 fully saturated rings. The minimum Gasteiger partial charge on any atom is -0.336 e. The second kappa shape index (κ2) is 6.18. The van der Waals surface area contributed by atoms with Gasteiger partial charge >= 0.3 is 0 Å². The smallest absolute Gasteiger partial charge is 0.245 e. The number of nitrogens with zero attached hydrogens (tertiary/aromatic N) is 2. The molecule has 1 aromatic rings. The van der Waals surface area contributed by atoms with E-state index < -0.39 is 0 Å². The highest BCUT2D eigenvalue weighted by atomic mass is 79.9. The summed E-state index contributed by atoms with van der Waals surface area (Å²) in [5, 5.41) is 0. The van der Waals surface area contributed by atoms with Gasteiger partial charge in [-0.05, 0) is 30.9 Å². The standard InChI is InChI=1S/C16H19BrN2O2/c17-13-6-2-1-5-12(13)11-18-10-8-15(20)19-9-4-3-7-14(19)16(18)21/h1-2,5-6,14H,3-4,7-11H2. The van der Waals surface area contributed by atoms with Gasteiger partial charge < -0.3 is 9.80 Å². The predicted octanol–water partition coefficient (Wildman–Crippen LogP) is 2.56. The van der Waals surface area contributed by atoms with E-state index >= 15 is 0 Å². The summed E-state index contributed by atoms with van der Waals surface area (Å²) in [7, 11) is 0. The van der Waals surface area contributed by atoms with Crippen molar-refractivity contribution in [2.24, 2.45) is 0 Å². The van der Waals surface area contributed by atoms with Crippen molar-refractivity contribution < 1.29 is 9.59 Å². The minimum atomic E-state index is -0.240. The lowest BCUT2D eigenvalue weighted by molar-refractivity contribution is -0.143. The summed E-state index contributed by atoms with van der Waals surface area (Å²) >= 11 is 3.53. The van der Waals surface area contributed by atoms with Crippen LogP contribution in [0.3, 0.4) is 0 Å². The first kappa shape index (κ1) is 14.6. The molecule has 2 saturated heterocycles. The van der Waals surface area contributed by atoms with Crippen molar-refractivity contribution in [3.05, 3.63) is 34.3 Å². The molecule has 112 valence electrons. The largest absolute Gasteiger partial charge is 0.336 e. The molecule has 0 saturated carbocycles. The number of hydrogen-bond acceptors (Lipinski definition) is 2. The molecule has 4 nitrogen and oxygen atoms in total. The maximum atomic E-state index is 12.8. The van der Waals surface area contributed by atoms with E-state index in [0.717, 1.165) is 35.8 Å². The van der Waals surface area contributed by atoms with Crippen molar-refractivity contribution in [3.63, 3.8) is 0 Å². The predicted molar refractivity (Wildman–Crippen MR) is 83.5 cm³/mol. The summed E-state index contributed by atoms with van der Waals surface area (Å²) < 4.78 is 1.01. The van der Waals surface area contributed by atoms with Crippen LogP contribution in [0.2, 0.25) is 0 Å². The number of benzene rings is 1. The first-order valence-electron chi connectivity index (χ1n) is 7.48. The Hall–Kier alpha value is -1.36. The van der Waals surface area contributed by atoms with E-state index in [0.29, 0.717) is 19.5 Å². The Morgan fingerprint density at radius 3 is 2.76 bits per heavy atom. The fourth-order valence-electron chi connectivity index (χ4n) is 3.17. The Morgan fingerprint density at radius 1 is 1.14 bits per heavy atom. The second-order valence-corrected chi connectivity index (χ2v) is 6.55. The lowest BCUT2D eigenvalue weighted by atomic mass is 10.0. The van der Waals surface area contributed by atoms with E-state index in [1.54, 1.807) is 4.90 Å². The first-order valence-corrected chi connectivity index (χ1v) is 8.28. The number of halogens is 1. The minimum absolute atomic E-state index is 0.108. The number of piperidine rings is 1. The van der Waals surface area contributed by atoms with Crippen molar-refractivity contribution >= 4 is 27.7 Å². The van der Waals surface area contributed by atoms with E-state index in [2.05, 4.69) is 15.9 Å². The zero-order valence-electron chi connectivity index (χ0n) is 11.9. The van der Waals surface area contributed by atoms with Crippen molar-refractivity contribution in [1.29, 1.82) is 0 Å². The average molecular weight is 351 g/mol. The van der Waals surface area contributed by atoms with Gasteiger partial charge in [-0.1, -0.05) is 34.1 Å². The number of carbonyl (C=O) groups is 2. The average Bonchev–Trinajstić information content (AvgIpc) is 2.62. The van der Waals surface area contributed by atoms with Crippen LogP contribution in [0.15, 0.2) is 28.7 Å². The molecule has 0 bridgehead atoms. The number of fused-ring (bicyclic) bond motifs is 1. The van der Waals surface area contributed by atoms with Crippen LogP contribution in [0, 0.1) is 0 Å². The number of rotatable bonds is 2. The Morgan fingerprint density at radius 2 is 1.95 bits per heavy atom. The highest BCUT2D eigenvalue weighted by Crippen LogP contribution is 2.25. The van der Waals surface area contributed by atoms with Crippen molar-refractivity contribution in [1.82, 2.24) is 9.80 Å². The van der Waals surface area contributed by atoms with Crippen molar-refractivity contribution in [3.8, 4) is 0 Å². The monoisotopic (exact) mass is 350 g/mol. The van der Waals surface area contributed by atoms with Crippen LogP contribution in [-0.2, 0) is 16.1 Å². The highest BCUT2D eigenvalue weighted by molar-refractivity contribution is 9.10. The number of amides is 2. The third-order valence-electron chi connectivity index (χ3n) is 4.33. The molecule has 1 aromatic carbocycles. The first-order chi connectivity index (χ1) is 10.2. The van der Waals surface area contributed by atoms with E-state index in [1.165, 1.54) is 0 Å². The SMILES string of the molecule is O=C1C2CCCCN2C(=O)CCN1Cc1ccccc1Br. The zero-order chi connectivity index (χ0) is 14.8. The van der Waals surface area contributed by atoms with Crippen LogP contribution in [0.25, 0.3) is 0 Å². The molecule has 2 amide bonds. The number of hydrogen-bond donors (Lipinski definition) is 0. The third kappa shape index (κ3) is 2.98. The van der Waals surface area contributed by atoms with Crippen LogP contribution in [0.4, 0.5) is 0 Å². The molecule has 1 atom stereocenters. The number of carbonyl (C=O) groups excluding carboxylic acids is 2. The molecule has 2 aliphatic rings.